The van der Waals surface area contributed by atoms with Crippen molar-refractivity contribution in [2.45, 2.75) is 18.8 Å². The Bertz CT molecular complexity index is 779. The van der Waals surface area contributed by atoms with Gasteiger partial charge in [-0.25, -0.2) is 10.9 Å². The van der Waals surface area contributed by atoms with Gasteiger partial charge in [0.25, 0.3) is 0 Å². The molecule has 2 aromatic rings. The molecule has 4 N–H and O–H groups in total. The summed E-state index contributed by atoms with van der Waals surface area (Å²) in [7, 11) is 0. The Balaban J connectivity index is 1.47. The van der Waals surface area contributed by atoms with Gasteiger partial charge >= 0.3 is 0 Å². The summed E-state index contributed by atoms with van der Waals surface area (Å²) in [6.07, 6.45) is 3.72. The first-order chi connectivity index (χ1) is 12.7. The highest BCUT2D eigenvalue weighted by molar-refractivity contribution is 9.12. The zero-order valence-electron chi connectivity index (χ0n) is 14.0. The molecule has 26 heavy (non-hydrogen) atoms. The highest BCUT2D eigenvalue weighted by Crippen LogP contribution is 2.09. The Labute approximate surface area is 160 Å². The van der Waals surface area contributed by atoms with Crippen LogP contribution in [0.5, 0.6) is 0 Å². The summed E-state index contributed by atoms with van der Waals surface area (Å²) in [5.74, 6) is -0.0841. The van der Waals surface area contributed by atoms with Gasteiger partial charge in [0.2, 0.25) is 5.91 Å². The standard InChI is InChI=1S/C19H20BrN5O/c20-16(11-14-7-3-1-4-8-14)13-21-24-19-22-18(26)17(23-25-19)12-15-9-5-2-6-10-15/h1-11,13,17,19,23-25H,12H2,(H,22,26)/b16-11-,21-13+. The maximum Gasteiger partial charge on any atom is 0.241 e. The number of benzene rings is 2. The first kappa shape index (κ1) is 18.3. The lowest BCUT2D eigenvalue weighted by molar-refractivity contribution is -0.127. The second kappa shape index (κ2) is 9.28. The number of hydrazone groups is 1. The number of halogens is 1. The summed E-state index contributed by atoms with van der Waals surface area (Å²) in [4.78, 5) is 12.2. The monoisotopic (exact) mass is 413 g/mol. The quantitative estimate of drug-likeness (QED) is 0.432. The van der Waals surface area contributed by atoms with Gasteiger partial charge in [-0.15, -0.1) is 0 Å². The normalized spacial score (nSPS) is 20.8. The molecule has 0 saturated carbocycles. The number of hydrogen-bond acceptors (Lipinski definition) is 5. The maximum atomic E-state index is 12.2. The molecule has 0 aromatic heterocycles. The van der Waals surface area contributed by atoms with Crippen molar-refractivity contribution in [3.05, 3.63) is 76.3 Å². The van der Waals surface area contributed by atoms with Gasteiger partial charge < -0.3 is 5.32 Å². The lowest BCUT2D eigenvalue weighted by atomic mass is 10.1. The molecule has 7 heteroatoms. The average Bonchev–Trinajstić information content (AvgIpc) is 2.65. The van der Waals surface area contributed by atoms with E-state index in [2.05, 4.69) is 42.6 Å². The van der Waals surface area contributed by atoms with E-state index in [0.29, 0.717) is 6.42 Å². The average molecular weight is 414 g/mol. The number of hydrazine groups is 1. The van der Waals surface area contributed by atoms with E-state index in [4.69, 9.17) is 0 Å². The van der Waals surface area contributed by atoms with Gasteiger partial charge in [0.15, 0.2) is 6.29 Å². The van der Waals surface area contributed by atoms with E-state index in [1.807, 2.05) is 66.7 Å². The van der Waals surface area contributed by atoms with Crippen LogP contribution in [0.2, 0.25) is 0 Å². The van der Waals surface area contributed by atoms with Crippen LogP contribution < -0.4 is 21.6 Å². The van der Waals surface area contributed by atoms with E-state index < -0.39 is 6.29 Å². The number of rotatable bonds is 6. The summed E-state index contributed by atoms with van der Waals surface area (Å²) < 4.78 is 0.813. The van der Waals surface area contributed by atoms with Crippen molar-refractivity contribution in [1.29, 1.82) is 0 Å². The van der Waals surface area contributed by atoms with E-state index in [1.165, 1.54) is 0 Å². The second-order valence-electron chi connectivity index (χ2n) is 5.80. The molecule has 6 nitrogen and oxygen atoms in total. The van der Waals surface area contributed by atoms with Crippen LogP contribution in [0.1, 0.15) is 11.1 Å². The molecule has 1 aliphatic rings. The van der Waals surface area contributed by atoms with Gasteiger partial charge in [0.05, 0.1) is 6.21 Å². The Morgan fingerprint density at radius 2 is 1.77 bits per heavy atom. The van der Waals surface area contributed by atoms with Gasteiger partial charge in [-0.2, -0.15) is 5.10 Å². The summed E-state index contributed by atoms with van der Waals surface area (Å²) in [6.45, 7) is 0. The summed E-state index contributed by atoms with van der Waals surface area (Å²) >= 11 is 3.45. The fourth-order valence-corrected chi connectivity index (χ4v) is 2.87. The number of carbonyl (C=O) groups is 1. The predicted octanol–water partition coefficient (Wildman–Crippen LogP) is 2.12. The van der Waals surface area contributed by atoms with Crippen LogP contribution >= 0.6 is 15.9 Å². The minimum absolute atomic E-state index is 0.0841. The van der Waals surface area contributed by atoms with Crippen LogP contribution in [0.25, 0.3) is 6.08 Å². The molecule has 2 aromatic carbocycles. The molecule has 134 valence electrons. The zero-order chi connectivity index (χ0) is 18.2. The van der Waals surface area contributed by atoms with E-state index in [9.17, 15) is 4.79 Å². The highest BCUT2D eigenvalue weighted by Gasteiger charge is 2.26. The number of amides is 1. The van der Waals surface area contributed by atoms with Gasteiger partial charge in [0.1, 0.15) is 6.04 Å². The molecule has 0 aliphatic carbocycles. The molecule has 2 atom stereocenters. The van der Waals surface area contributed by atoms with Crippen molar-refractivity contribution in [2.24, 2.45) is 5.10 Å². The van der Waals surface area contributed by atoms with Crippen LogP contribution in [0.15, 0.2) is 70.2 Å². The van der Waals surface area contributed by atoms with E-state index >= 15 is 0 Å². The number of carbonyl (C=O) groups excluding carboxylic acids is 1. The number of hydrogen-bond donors (Lipinski definition) is 4. The van der Waals surface area contributed by atoms with Crippen molar-refractivity contribution >= 4 is 34.1 Å². The van der Waals surface area contributed by atoms with Crippen molar-refractivity contribution in [3.8, 4) is 0 Å². The molecule has 1 saturated heterocycles. The summed E-state index contributed by atoms with van der Waals surface area (Å²) in [6, 6.07) is 19.5. The minimum atomic E-state index is -0.484. The van der Waals surface area contributed by atoms with Crippen molar-refractivity contribution in [1.82, 2.24) is 21.6 Å². The number of nitrogens with one attached hydrogen (secondary N) is 4. The molecule has 0 bridgehead atoms. The molecule has 1 amide bonds. The van der Waals surface area contributed by atoms with Crippen LogP contribution in [-0.2, 0) is 11.2 Å². The molecule has 2 unspecified atom stereocenters. The Morgan fingerprint density at radius 3 is 2.46 bits per heavy atom. The summed E-state index contributed by atoms with van der Waals surface area (Å²) in [5.41, 5.74) is 11.0. The fraction of sp³-hybridized carbons (Fsp3) is 0.158. The Morgan fingerprint density at radius 1 is 1.08 bits per heavy atom. The third-order valence-corrected chi connectivity index (χ3v) is 4.22. The first-order valence-electron chi connectivity index (χ1n) is 8.27. The van der Waals surface area contributed by atoms with Gasteiger partial charge in [0, 0.05) is 4.48 Å². The van der Waals surface area contributed by atoms with E-state index in [0.717, 1.165) is 15.6 Å². The maximum absolute atomic E-state index is 12.2. The zero-order valence-corrected chi connectivity index (χ0v) is 15.6. The van der Waals surface area contributed by atoms with Crippen LogP contribution in [-0.4, -0.2) is 24.5 Å². The van der Waals surface area contributed by atoms with Crippen molar-refractivity contribution in [3.63, 3.8) is 0 Å². The van der Waals surface area contributed by atoms with Crippen LogP contribution in [0, 0.1) is 0 Å². The smallest absolute Gasteiger partial charge is 0.241 e. The summed E-state index contributed by atoms with van der Waals surface area (Å²) in [5, 5.41) is 6.97. The van der Waals surface area contributed by atoms with Crippen molar-refractivity contribution in [2.75, 3.05) is 0 Å². The predicted molar refractivity (Wildman–Crippen MR) is 107 cm³/mol. The third kappa shape index (κ3) is 5.52. The Kier molecular flexibility index (Phi) is 6.54. The lowest BCUT2D eigenvalue weighted by Gasteiger charge is -2.30. The second-order valence-corrected chi connectivity index (χ2v) is 6.72. The lowest BCUT2D eigenvalue weighted by Crippen LogP contribution is -2.69. The highest BCUT2D eigenvalue weighted by atomic mass is 79.9. The molecule has 1 fully saturated rings. The topological polar surface area (TPSA) is 77.5 Å². The number of allylic oxidation sites excluding steroid dienone is 1. The molecular weight excluding hydrogens is 394 g/mol. The SMILES string of the molecule is O=C1NC(N/N=C/C(Br)=C/c2ccccc2)NNC1Cc1ccccc1. The van der Waals surface area contributed by atoms with Crippen molar-refractivity contribution < 1.29 is 4.79 Å². The van der Waals surface area contributed by atoms with Crippen LogP contribution in [0.3, 0.4) is 0 Å². The van der Waals surface area contributed by atoms with Gasteiger partial charge in [-0.05, 0) is 39.6 Å². The molecular formula is C19H20BrN5O. The van der Waals surface area contributed by atoms with Gasteiger partial charge in [-0.1, -0.05) is 60.7 Å². The van der Waals surface area contributed by atoms with Gasteiger partial charge in [-0.3, -0.25) is 10.2 Å². The molecule has 0 radical (unpaired) electrons. The number of nitrogens with zero attached hydrogens (tertiary/aromatic N) is 1. The fourth-order valence-electron chi connectivity index (χ4n) is 2.51. The molecule has 1 heterocycles. The molecule has 3 rings (SSSR count). The van der Waals surface area contributed by atoms with Crippen LogP contribution in [0.4, 0.5) is 0 Å². The first-order valence-corrected chi connectivity index (χ1v) is 9.06. The van der Waals surface area contributed by atoms with E-state index in [-0.39, 0.29) is 11.9 Å². The largest absolute Gasteiger partial charge is 0.320 e. The minimum Gasteiger partial charge on any atom is -0.320 e. The Hall–Kier alpha value is -2.48. The molecule has 1 aliphatic heterocycles. The third-order valence-electron chi connectivity index (χ3n) is 3.78. The van der Waals surface area contributed by atoms with E-state index in [1.54, 1.807) is 6.21 Å². The molecule has 0 spiro atoms.